The second-order valence-corrected chi connectivity index (χ2v) is 5.19. The van der Waals surface area contributed by atoms with Gasteiger partial charge >= 0.3 is 0 Å². The molecular weight excluding hydrogens is 198 g/mol. The zero-order valence-corrected chi connectivity index (χ0v) is 10.4. The van der Waals surface area contributed by atoms with Gasteiger partial charge in [0.2, 0.25) is 0 Å². The molecule has 2 aromatic rings. The van der Waals surface area contributed by atoms with Gasteiger partial charge in [-0.3, -0.25) is 0 Å². The minimum Gasteiger partial charge on any atom is -0.326 e. The Kier molecular flexibility index (Phi) is 2.64. The highest BCUT2D eigenvalue weighted by molar-refractivity contribution is 5.74. The molecule has 0 amide bonds. The van der Waals surface area contributed by atoms with Gasteiger partial charge in [0.25, 0.3) is 0 Å². The molecule has 0 saturated carbocycles. The van der Waals surface area contributed by atoms with Gasteiger partial charge in [0.15, 0.2) is 0 Å². The normalized spacial score (nSPS) is 12.0. The zero-order valence-electron chi connectivity index (χ0n) is 10.4. The number of para-hydroxylation sites is 2. The standard InChI is InChI=1S/C13H18N3/c1-10-13(9-16(2,3)4)15-12-8-6-5-7-11(12)14-10/h5-8H,9H2,1-4H3/q+1. The van der Waals surface area contributed by atoms with Crippen molar-refractivity contribution in [3.8, 4) is 0 Å². The Morgan fingerprint density at radius 2 is 1.56 bits per heavy atom. The van der Waals surface area contributed by atoms with Crippen LogP contribution in [0.4, 0.5) is 0 Å². The van der Waals surface area contributed by atoms with Crippen LogP contribution in [0.2, 0.25) is 0 Å². The van der Waals surface area contributed by atoms with Crippen molar-refractivity contribution in [3.05, 3.63) is 35.7 Å². The molecule has 1 aromatic heterocycles. The third-order valence-corrected chi connectivity index (χ3v) is 2.47. The number of hydrogen-bond acceptors (Lipinski definition) is 2. The van der Waals surface area contributed by atoms with Gasteiger partial charge < -0.3 is 4.48 Å². The summed E-state index contributed by atoms with van der Waals surface area (Å²) in [5.41, 5.74) is 4.08. The Morgan fingerprint density at radius 3 is 2.12 bits per heavy atom. The average Bonchev–Trinajstić information content (AvgIpc) is 2.17. The van der Waals surface area contributed by atoms with Crippen LogP contribution in [0.5, 0.6) is 0 Å². The fraction of sp³-hybridized carbons (Fsp3) is 0.385. The molecule has 0 aliphatic heterocycles. The third kappa shape index (κ3) is 2.36. The van der Waals surface area contributed by atoms with E-state index in [1.807, 2.05) is 31.2 Å². The molecule has 0 fully saturated rings. The largest absolute Gasteiger partial charge is 0.326 e. The maximum atomic E-state index is 4.68. The lowest BCUT2D eigenvalue weighted by molar-refractivity contribution is -0.884. The Morgan fingerprint density at radius 1 is 1.00 bits per heavy atom. The minimum atomic E-state index is 0.869. The summed E-state index contributed by atoms with van der Waals surface area (Å²) in [7, 11) is 6.49. The van der Waals surface area contributed by atoms with E-state index in [1.54, 1.807) is 0 Å². The van der Waals surface area contributed by atoms with Crippen LogP contribution in [-0.2, 0) is 6.54 Å². The second-order valence-electron chi connectivity index (χ2n) is 5.19. The molecular formula is C13H18N3+. The van der Waals surface area contributed by atoms with Crippen molar-refractivity contribution in [2.45, 2.75) is 13.5 Å². The molecule has 2 rings (SSSR count). The van der Waals surface area contributed by atoms with Crippen LogP contribution < -0.4 is 0 Å². The molecule has 0 aliphatic rings. The first kappa shape index (κ1) is 11.0. The SMILES string of the molecule is Cc1nc2ccccc2nc1C[N+](C)(C)C. The van der Waals surface area contributed by atoms with Crippen LogP contribution in [0.25, 0.3) is 11.0 Å². The van der Waals surface area contributed by atoms with Gasteiger partial charge in [-0.1, -0.05) is 12.1 Å². The summed E-state index contributed by atoms with van der Waals surface area (Å²) >= 11 is 0. The Balaban J connectivity index is 2.50. The topological polar surface area (TPSA) is 25.8 Å². The van der Waals surface area contributed by atoms with Gasteiger partial charge in [0.05, 0.1) is 37.9 Å². The summed E-state index contributed by atoms with van der Waals surface area (Å²) in [4.78, 5) is 9.27. The molecule has 16 heavy (non-hydrogen) atoms. The molecule has 0 unspecified atom stereocenters. The molecule has 0 saturated heterocycles. The number of benzene rings is 1. The second kappa shape index (κ2) is 3.83. The van der Waals surface area contributed by atoms with E-state index in [-0.39, 0.29) is 0 Å². The minimum absolute atomic E-state index is 0.869. The van der Waals surface area contributed by atoms with Crippen LogP contribution in [0.3, 0.4) is 0 Å². The molecule has 0 bridgehead atoms. The Labute approximate surface area is 96.3 Å². The lowest BCUT2D eigenvalue weighted by Gasteiger charge is -2.23. The van der Waals surface area contributed by atoms with Gasteiger partial charge in [0, 0.05) is 0 Å². The zero-order chi connectivity index (χ0) is 11.8. The van der Waals surface area contributed by atoms with Gasteiger partial charge in [-0.25, -0.2) is 9.97 Å². The van der Waals surface area contributed by atoms with E-state index in [1.165, 1.54) is 0 Å². The Hall–Kier alpha value is -1.48. The quantitative estimate of drug-likeness (QED) is 0.719. The van der Waals surface area contributed by atoms with Crippen molar-refractivity contribution in [1.82, 2.24) is 9.97 Å². The summed E-state index contributed by atoms with van der Waals surface area (Å²) in [6.07, 6.45) is 0. The number of rotatable bonds is 2. The fourth-order valence-corrected chi connectivity index (χ4v) is 1.72. The lowest BCUT2D eigenvalue weighted by atomic mass is 10.2. The summed E-state index contributed by atoms with van der Waals surface area (Å²) in [5, 5.41) is 0. The van der Waals surface area contributed by atoms with E-state index in [0.29, 0.717) is 0 Å². The van der Waals surface area contributed by atoms with Crippen molar-refractivity contribution >= 4 is 11.0 Å². The molecule has 0 N–H and O–H groups in total. The maximum absolute atomic E-state index is 4.68. The van der Waals surface area contributed by atoms with E-state index < -0.39 is 0 Å². The number of quaternary nitrogens is 1. The van der Waals surface area contributed by atoms with E-state index in [2.05, 4.69) is 31.1 Å². The number of hydrogen-bond donors (Lipinski definition) is 0. The summed E-state index contributed by atoms with van der Waals surface area (Å²) in [6.45, 7) is 2.94. The van der Waals surface area contributed by atoms with E-state index in [4.69, 9.17) is 0 Å². The predicted octanol–water partition coefficient (Wildman–Crippen LogP) is 2.14. The van der Waals surface area contributed by atoms with Crippen molar-refractivity contribution < 1.29 is 4.48 Å². The van der Waals surface area contributed by atoms with Gasteiger partial charge in [-0.15, -0.1) is 0 Å². The predicted molar refractivity (Wildman–Crippen MR) is 66.0 cm³/mol. The van der Waals surface area contributed by atoms with Crippen LogP contribution in [0, 0.1) is 6.92 Å². The highest BCUT2D eigenvalue weighted by atomic mass is 15.3. The van der Waals surface area contributed by atoms with E-state index >= 15 is 0 Å². The van der Waals surface area contributed by atoms with Crippen molar-refractivity contribution in [2.75, 3.05) is 21.1 Å². The molecule has 84 valence electrons. The highest BCUT2D eigenvalue weighted by Crippen LogP contribution is 2.14. The van der Waals surface area contributed by atoms with Crippen LogP contribution in [0.15, 0.2) is 24.3 Å². The lowest BCUT2D eigenvalue weighted by Crippen LogP contribution is -2.34. The van der Waals surface area contributed by atoms with Gasteiger partial charge in [-0.2, -0.15) is 0 Å². The van der Waals surface area contributed by atoms with Gasteiger partial charge in [-0.05, 0) is 19.1 Å². The van der Waals surface area contributed by atoms with Crippen molar-refractivity contribution in [2.24, 2.45) is 0 Å². The summed E-state index contributed by atoms with van der Waals surface area (Å²) < 4.78 is 0.869. The maximum Gasteiger partial charge on any atom is 0.123 e. The molecule has 0 aliphatic carbocycles. The third-order valence-electron chi connectivity index (χ3n) is 2.47. The monoisotopic (exact) mass is 216 g/mol. The molecule has 0 spiro atoms. The first-order chi connectivity index (χ1) is 7.46. The summed E-state index contributed by atoms with van der Waals surface area (Å²) in [5.74, 6) is 0. The molecule has 0 atom stereocenters. The molecule has 1 heterocycles. The van der Waals surface area contributed by atoms with Crippen molar-refractivity contribution in [1.29, 1.82) is 0 Å². The molecule has 3 nitrogen and oxygen atoms in total. The first-order valence-corrected chi connectivity index (χ1v) is 5.48. The summed E-state index contributed by atoms with van der Waals surface area (Å²) in [6, 6.07) is 8.02. The number of aryl methyl sites for hydroxylation is 1. The Bertz CT molecular complexity index is 512. The fourth-order valence-electron chi connectivity index (χ4n) is 1.72. The van der Waals surface area contributed by atoms with Crippen molar-refractivity contribution in [3.63, 3.8) is 0 Å². The average molecular weight is 216 g/mol. The van der Waals surface area contributed by atoms with Crippen LogP contribution in [-0.4, -0.2) is 35.6 Å². The number of nitrogens with zero attached hydrogens (tertiary/aromatic N) is 3. The first-order valence-electron chi connectivity index (χ1n) is 5.48. The molecule has 0 radical (unpaired) electrons. The van der Waals surface area contributed by atoms with Crippen LogP contribution >= 0.6 is 0 Å². The molecule has 1 aromatic carbocycles. The smallest absolute Gasteiger partial charge is 0.123 e. The van der Waals surface area contributed by atoms with Gasteiger partial charge in [0.1, 0.15) is 12.2 Å². The van der Waals surface area contributed by atoms with E-state index in [0.717, 1.165) is 33.4 Å². The van der Waals surface area contributed by atoms with E-state index in [9.17, 15) is 0 Å². The number of aromatic nitrogens is 2. The van der Waals surface area contributed by atoms with Crippen LogP contribution in [0.1, 0.15) is 11.4 Å². The number of fused-ring (bicyclic) bond motifs is 1. The highest BCUT2D eigenvalue weighted by Gasteiger charge is 2.13. The molecule has 3 heteroatoms.